The first kappa shape index (κ1) is 16.9. The van der Waals surface area contributed by atoms with Crippen molar-refractivity contribution in [2.45, 2.75) is 44.6 Å². The molecule has 0 radical (unpaired) electrons. The van der Waals surface area contributed by atoms with Crippen LogP contribution >= 0.6 is 11.3 Å². The van der Waals surface area contributed by atoms with Crippen LogP contribution in [0.15, 0.2) is 24.4 Å². The van der Waals surface area contributed by atoms with E-state index in [2.05, 4.69) is 34.3 Å². The quantitative estimate of drug-likeness (QED) is 0.897. The molecule has 25 heavy (non-hydrogen) atoms. The van der Waals surface area contributed by atoms with Crippen LogP contribution in [-0.4, -0.2) is 47.2 Å². The fraction of sp³-hybridized carbons (Fsp3) is 0.579. The minimum absolute atomic E-state index is 0.566. The third kappa shape index (κ3) is 4.19. The predicted octanol–water partition coefficient (Wildman–Crippen LogP) is 3.95. The zero-order valence-electron chi connectivity index (χ0n) is 14.8. The fourth-order valence-electron chi connectivity index (χ4n) is 3.88. The second-order valence-corrected chi connectivity index (χ2v) is 8.24. The van der Waals surface area contributed by atoms with Gasteiger partial charge in [-0.1, -0.05) is 6.07 Å². The minimum atomic E-state index is 0.566. The highest BCUT2D eigenvalue weighted by molar-refractivity contribution is 7.15. The summed E-state index contributed by atoms with van der Waals surface area (Å²) in [4.78, 5) is 13.1. The molecule has 134 valence electrons. The molecule has 5 nitrogen and oxygen atoms in total. The molecule has 0 aromatic carbocycles. The van der Waals surface area contributed by atoms with E-state index in [1.807, 2.05) is 12.3 Å². The van der Waals surface area contributed by atoms with E-state index in [1.165, 1.54) is 49.3 Å². The number of pyridine rings is 1. The van der Waals surface area contributed by atoms with Gasteiger partial charge in [-0.2, -0.15) is 0 Å². The topological polar surface area (TPSA) is 50.3 Å². The van der Waals surface area contributed by atoms with Gasteiger partial charge in [0.15, 0.2) is 5.13 Å². The molecular formula is C19H26N4OS. The largest absolute Gasteiger partial charge is 0.381 e. The van der Waals surface area contributed by atoms with Crippen LogP contribution in [0.4, 0.5) is 10.9 Å². The van der Waals surface area contributed by atoms with Crippen molar-refractivity contribution in [1.29, 1.82) is 0 Å². The highest BCUT2D eigenvalue weighted by atomic mass is 32.1. The molecule has 4 heterocycles. The summed E-state index contributed by atoms with van der Waals surface area (Å²) in [6.07, 6.45) is 6.67. The fourth-order valence-corrected chi connectivity index (χ4v) is 4.55. The Morgan fingerprint density at radius 1 is 1.16 bits per heavy atom. The summed E-state index contributed by atoms with van der Waals surface area (Å²) in [5.74, 6) is 1.47. The van der Waals surface area contributed by atoms with Gasteiger partial charge in [-0.05, 0) is 57.8 Å². The molecule has 0 amide bonds. The first-order valence-corrected chi connectivity index (χ1v) is 10.1. The van der Waals surface area contributed by atoms with Crippen molar-refractivity contribution in [2.24, 2.45) is 0 Å². The Morgan fingerprint density at radius 3 is 2.68 bits per heavy atom. The lowest BCUT2D eigenvalue weighted by Crippen LogP contribution is -2.43. The van der Waals surface area contributed by atoms with Crippen LogP contribution in [0, 0.1) is 6.92 Å². The lowest BCUT2D eigenvalue weighted by atomic mass is 9.91. The van der Waals surface area contributed by atoms with Gasteiger partial charge in [0, 0.05) is 41.9 Å². The molecule has 2 aromatic rings. The second kappa shape index (κ2) is 7.81. The van der Waals surface area contributed by atoms with Crippen molar-refractivity contribution in [1.82, 2.24) is 14.9 Å². The molecule has 2 aliphatic heterocycles. The zero-order chi connectivity index (χ0) is 17.1. The standard InChI is InChI=1S/C19H26N4OS/c1-14-13-20-19(25-14)22-18-4-2-3-17(21-18)15-5-9-23(10-6-15)16-7-11-24-12-8-16/h2-4,13,15-16H,5-12H2,1H3,(H,20,21,22). The Kier molecular flexibility index (Phi) is 5.29. The molecule has 2 fully saturated rings. The summed E-state index contributed by atoms with van der Waals surface area (Å²) in [5, 5.41) is 4.25. The van der Waals surface area contributed by atoms with E-state index in [0.29, 0.717) is 5.92 Å². The number of anilines is 2. The van der Waals surface area contributed by atoms with E-state index >= 15 is 0 Å². The van der Waals surface area contributed by atoms with Crippen molar-refractivity contribution in [2.75, 3.05) is 31.6 Å². The van der Waals surface area contributed by atoms with Crippen molar-refractivity contribution in [3.63, 3.8) is 0 Å². The van der Waals surface area contributed by atoms with Crippen molar-refractivity contribution < 1.29 is 4.74 Å². The Labute approximate surface area is 153 Å². The number of piperidine rings is 1. The molecule has 2 aliphatic rings. The molecule has 6 heteroatoms. The van der Waals surface area contributed by atoms with Crippen LogP contribution in [0.1, 0.15) is 42.2 Å². The molecule has 0 saturated carbocycles. The SMILES string of the molecule is Cc1cnc(Nc2cccc(C3CCN(C4CCOCC4)CC3)n2)s1. The summed E-state index contributed by atoms with van der Waals surface area (Å²) in [6.45, 7) is 6.28. The minimum Gasteiger partial charge on any atom is -0.381 e. The summed E-state index contributed by atoms with van der Waals surface area (Å²) in [7, 11) is 0. The monoisotopic (exact) mass is 358 g/mol. The molecule has 2 saturated heterocycles. The number of thiazole rings is 1. The molecule has 0 aliphatic carbocycles. The van der Waals surface area contributed by atoms with Gasteiger partial charge in [0.1, 0.15) is 5.82 Å². The molecular weight excluding hydrogens is 332 g/mol. The molecule has 2 aromatic heterocycles. The number of aromatic nitrogens is 2. The molecule has 4 rings (SSSR count). The Hall–Kier alpha value is -1.50. The van der Waals surface area contributed by atoms with Crippen molar-refractivity contribution in [3.8, 4) is 0 Å². The normalized spacial score (nSPS) is 20.7. The van der Waals surface area contributed by atoms with E-state index in [1.54, 1.807) is 11.3 Å². The molecule has 0 unspecified atom stereocenters. The summed E-state index contributed by atoms with van der Waals surface area (Å²) in [6, 6.07) is 7.03. The first-order valence-electron chi connectivity index (χ1n) is 9.26. The maximum absolute atomic E-state index is 5.50. The summed E-state index contributed by atoms with van der Waals surface area (Å²) in [5.41, 5.74) is 1.21. The Balaban J connectivity index is 1.37. The van der Waals surface area contributed by atoms with Crippen LogP contribution in [0.2, 0.25) is 0 Å². The van der Waals surface area contributed by atoms with Gasteiger partial charge in [0.05, 0.1) is 0 Å². The van der Waals surface area contributed by atoms with Gasteiger partial charge in [-0.25, -0.2) is 9.97 Å². The number of nitrogens with one attached hydrogen (secondary N) is 1. The van der Waals surface area contributed by atoms with Crippen LogP contribution in [0.5, 0.6) is 0 Å². The highest BCUT2D eigenvalue weighted by Crippen LogP contribution is 2.30. The first-order chi connectivity index (χ1) is 12.3. The Bertz CT molecular complexity index is 690. The zero-order valence-corrected chi connectivity index (χ0v) is 15.6. The number of hydrogen-bond donors (Lipinski definition) is 1. The molecule has 1 N–H and O–H groups in total. The number of hydrogen-bond acceptors (Lipinski definition) is 6. The van der Waals surface area contributed by atoms with Crippen LogP contribution in [0.25, 0.3) is 0 Å². The van der Waals surface area contributed by atoms with Gasteiger partial charge in [0.2, 0.25) is 0 Å². The number of aryl methyl sites for hydroxylation is 1. The van der Waals surface area contributed by atoms with Crippen molar-refractivity contribution in [3.05, 3.63) is 35.0 Å². The van der Waals surface area contributed by atoms with Crippen LogP contribution in [-0.2, 0) is 4.74 Å². The third-order valence-corrected chi connectivity index (χ3v) is 6.11. The van der Waals surface area contributed by atoms with E-state index in [0.717, 1.165) is 30.2 Å². The third-order valence-electron chi connectivity index (χ3n) is 5.28. The van der Waals surface area contributed by atoms with Gasteiger partial charge in [0.25, 0.3) is 0 Å². The van der Waals surface area contributed by atoms with Gasteiger partial charge < -0.3 is 15.0 Å². The molecule has 0 atom stereocenters. The van der Waals surface area contributed by atoms with Gasteiger partial charge >= 0.3 is 0 Å². The van der Waals surface area contributed by atoms with Crippen LogP contribution in [0.3, 0.4) is 0 Å². The number of rotatable bonds is 4. The average molecular weight is 359 g/mol. The lowest BCUT2D eigenvalue weighted by molar-refractivity contribution is 0.0250. The van der Waals surface area contributed by atoms with Crippen LogP contribution < -0.4 is 5.32 Å². The average Bonchev–Trinajstić information content (AvgIpc) is 3.07. The lowest BCUT2D eigenvalue weighted by Gasteiger charge is -2.39. The summed E-state index contributed by atoms with van der Waals surface area (Å²) >= 11 is 1.66. The van der Waals surface area contributed by atoms with E-state index < -0.39 is 0 Å². The number of ether oxygens (including phenoxy) is 1. The summed E-state index contributed by atoms with van der Waals surface area (Å²) < 4.78 is 5.50. The highest BCUT2D eigenvalue weighted by Gasteiger charge is 2.27. The van der Waals surface area contributed by atoms with Gasteiger partial charge in [-0.15, -0.1) is 11.3 Å². The van der Waals surface area contributed by atoms with Gasteiger partial charge in [-0.3, -0.25) is 0 Å². The van der Waals surface area contributed by atoms with E-state index in [9.17, 15) is 0 Å². The Morgan fingerprint density at radius 2 is 1.96 bits per heavy atom. The maximum Gasteiger partial charge on any atom is 0.188 e. The number of likely N-dealkylation sites (tertiary alicyclic amines) is 1. The van der Waals surface area contributed by atoms with E-state index in [4.69, 9.17) is 9.72 Å². The number of nitrogens with zero attached hydrogens (tertiary/aromatic N) is 3. The maximum atomic E-state index is 5.50. The van der Waals surface area contributed by atoms with E-state index in [-0.39, 0.29) is 0 Å². The second-order valence-electron chi connectivity index (χ2n) is 7.00. The smallest absolute Gasteiger partial charge is 0.188 e. The molecule has 0 spiro atoms. The predicted molar refractivity (Wildman–Crippen MR) is 102 cm³/mol. The molecule has 0 bridgehead atoms. The van der Waals surface area contributed by atoms with Crippen molar-refractivity contribution >= 4 is 22.3 Å².